The number of hydrogen-bond acceptors (Lipinski definition) is 5. The molecule has 0 aliphatic heterocycles. The third-order valence-electron chi connectivity index (χ3n) is 1.29. The number of esters is 1. The molecule has 0 bridgehead atoms. The lowest BCUT2D eigenvalue weighted by Gasteiger charge is -1.97. The van der Waals surface area contributed by atoms with Crippen molar-refractivity contribution in [1.29, 1.82) is 0 Å². The summed E-state index contributed by atoms with van der Waals surface area (Å²) >= 11 is 4.40. The zero-order chi connectivity index (χ0) is 9.68. The van der Waals surface area contributed by atoms with Crippen LogP contribution in [0, 0.1) is 0 Å². The molecule has 1 rings (SSSR count). The van der Waals surface area contributed by atoms with E-state index >= 15 is 0 Å². The number of pyridine rings is 1. The Labute approximate surface area is 80.3 Å². The minimum atomic E-state index is -0.499. The molecule has 5 heteroatoms. The van der Waals surface area contributed by atoms with Crippen LogP contribution in [-0.4, -0.2) is 23.2 Å². The minimum Gasteiger partial charge on any atom is -0.464 e. The first-order chi connectivity index (χ1) is 6.27. The highest BCUT2D eigenvalue weighted by Crippen LogP contribution is 2.08. The quantitative estimate of drug-likeness (QED) is 0.407. The molecule has 1 heterocycles. The minimum absolute atomic E-state index is 0.203. The number of isothiocyanates is 1. The summed E-state index contributed by atoms with van der Waals surface area (Å²) in [6.07, 6.45) is 0. The fraction of sp³-hybridized carbons (Fsp3) is 0.125. The van der Waals surface area contributed by atoms with Gasteiger partial charge in [0, 0.05) is 0 Å². The summed E-state index contributed by atoms with van der Waals surface area (Å²) < 4.78 is 4.48. The molecule has 0 aliphatic rings. The molecule has 0 N–H and O–H groups in total. The van der Waals surface area contributed by atoms with Crippen LogP contribution in [0.1, 0.15) is 10.5 Å². The molecule has 13 heavy (non-hydrogen) atoms. The highest BCUT2D eigenvalue weighted by atomic mass is 32.1. The van der Waals surface area contributed by atoms with Crippen LogP contribution in [0.25, 0.3) is 0 Å². The van der Waals surface area contributed by atoms with Gasteiger partial charge in [0.2, 0.25) is 0 Å². The van der Waals surface area contributed by atoms with Crippen LogP contribution in [-0.2, 0) is 4.74 Å². The first-order valence-corrected chi connectivity index (χ1v) is 3.82. The number of ether oxygens (including phenoxy) is 1. The summed E-state index contributed by atoms with van der Waals surface area (Å²) in [6, 6.07) is 4.80. The normalized spacial score (nSPS) is 8.69. The van der Waals surface area contributed by atoms with Crippen LogP contribution >= 0.6 is 12.2 Å². The largest absolute Gasteiger partial charge is 0.464 e. The van der Waals surface area contributed by atoms with E-state index in [1.165, 1.54) is 13.2 Å². The maximum atomic E-state index is 11.0. The van der Waals surface area contributed by atoms with Crippen LogP contribution in [0.5, 0.6) is 0 Å². The van der Waals surface area contributed by atoms with Crippen molar-refractivity contribution >= 4 is 29.2 Å². The van der Waals surface area contributed by atoms with Gasteiger partial charge in [-0.25, -0.2) is 9.78 Å². The lowest BCUT2D eigenvalue weighted by Crippen LogP contribution is -2.03. The molecule has 0 saturated carbocycles. The molecule has 1 aromatic heterocycles. The molecule has 4 nitrogen and oxygen atoms in total. The van der Waals surface area contributed by atoms with Gasteiger partial charge in [0.1, 0.15) is 0 Å². The Kier molecular flexibility index (Phi) is 3.25. The number of methoxy groups -OCH3 is 1. The van der Waals surface area contributed by atoms with Gasteiger partial charge in [0.05, 0.1) is 12.3 Å². The smallest absolute Gasteiger partial charge is 0.356 e. The fourth-order valence-electron chi connectivity index (χ4n) is 0.751. The Bertz CT molecular complexity index is 372. The number of hydrogen-bond donors (Lipinski definition) is 0. The topological polar surface area (TPSA) is 51.5 Å². The molecule has 0 aromatic carbocycles. The van der Waals surface area contributed by atoms with E-state index in [2.05, 4.69) is 32.1 Å². The van der Waals surface area contributed by atoms with E-state index in [9.17, 15) is 4.79 Å². The van der Waals surface area contributed by atoms with Gasteiger partial charge in [-0.1, -0.05) is 6.07 Å². The van der Waals surface area contributed by atoms with E-state index in [-0.39, 0.29) is 5.69 Å². The Hall–Kier alpha value is -1.58. The van der Waals surface area contributed by atoms with Gasteiger partial charge in [-0.2, -0.15) is 4.99 Å². The van der Waals surface area contributed by atoms with Crippen LogP contribution in [0.3, 0.4) is 0 Å². The number of aromatic nitrogens is 1. The first kappa shape index (κ1) is 9.51. The fourth-order valence-corrected chi connectivity index (χ4v) is 0.844. The third-order valence-corrected chi connectivity index (χ3v) is 1.38. The summed E-state index contributed by atoms with van der Waals surface area (Å²) in [7, 11) is 1.29. The van der Waals surface area contributed by atoms with Gasteiger partial charge < -0.3 is 4.74 Å². The van der Waals surface area contributed by atoms with E-state index in [0.717, 1.165) is 0 Å². The van der Waals surface area contributed by atoms with Gasteiger partial charge in [-0.05, 0) is 24.4 Å². The van der Waals surface area contributed by atoms with Crippen LogP contribution in [0.15, 0.2) is 23.2 Å². The molecule has 66 valence electrons. The van der Waals surface area contributed by atoms with E-state index in [1.54, 1.807) is 12.1 Å². The number of aliphatic imine (C=N–C) groups is 1. The molecule has 0 atom stereocenters. The van der Waals surface area contributed by atoms with E-state index in [4.69, 9.17) is 0 Å². The lowest BCUT2D eigenvalue weighted by molar-refractivity contribution is 0.0594. The van der Waals surface area contributed by atoms with Gasteiger partial charge in [-0.3, -0.25) is 0 Å². The van der Waals surface area contributed by atoms with E-state index in [1.807, 2.05) is 0 Å². The van der Waals surface area contributed by atoms with E-state index in [0.29, 0.717) is 5.82 Å². The van der Waals surface area contributed by atoms with Crippen LogP contribution in [0.4, 0.5) is 5.82 Å². The van der Waals surface area contributed by atoms with Gasteiger partial charge in [-0.15, -0.1) is 0 Å². The summed E-state index contributed by atoms with van der Waals surface area (Å²) in [6.45, 7) is 0. The highest BCUT2D eigenvalue weighted by Gasteiger charge is 2.06. The molecule has 0 unspecified atom stereocenters. The number of carbonyl (C=O) groups is 1. The second-order valence-corrected chi connectivity index (χ2v) is 2.26. The predicted octanol–water partition coefficient (Wildman–Crippen LogP) is 1.60. The number of nitrogens with zero attached hydrogens (tertiary/aromatic N) is 2. The first-order valence-electron chi connectivity index (χ1n) is 3.41. The van der Waals surface area contributed by atoms with Crippen molar-refractivity contribution in [3.8, 4) is 0 Å². The molecular weight excluding hydrogens is 188 g/mol. The highest BCUT2D eigenvalue weighted by molar-refractivity contribution is 7.78. The molecule has 0 radical (unpaired) electrons. The third kappa shape index (κ3) is 2.43. The summed E-state index contributed by atoms with van der Waals surface area (Å²) in [5.41, 5.74) is 0.203. The molecule has 0 aliphatic carbocycles. The summed E-state index contributed by atoms with van der Waals surface area (Å²) in [5, 5.41) is 2.16. The average Bonchev–Trinajstić information content (AvgIpc) is 2.18. The molecular formula is C8H6N2O2S. The van der Waals surface area contributed by atoms with Crippen molar-refractivity contribution in [1.82, 2.24) is 4.98 Å². The lowest BCUT2D eigenvalue weighted by atomic mass is 10.3. The number of rotatable bonds is 2. The Morgan fingerprint density at radius 1 is 1.69 bits per heavy atom. The van der Waals surface area contributed by atoms with Crippen LogP contribution < -0.4 is 0 Å². The second kappa shape index (κ2) is 4.45. The number of carbonyl (C=O) groups excluding carboxylic acids is 1. The Morgan fingerprint density at radius 2 is 2.46 bits per heavy atom. The predicted molar refractivity (Wildman–Crippen MR) is 50.3 cm³/mol. The van der Waals surface area contributed by atoms with Crippen molar-refractivity contribution in [3.63, 3.8) is 0 Å². The molecule has 0 spiro atoms. The Balaban J connectivity index is 3.04. The SMILES string of the molecule is COC(=O)c1cccc(N=C=S)n1. The van der Waals surface area contributed by atoms with Crippen molar-refractivity contribution in [3.05, 3.63) is 23.9 Å². The Morgan fingerprint density at radius 3 is 3.08 bits per heavy atom. The van der Waals surface area contributed by atoms with Gasteiger partial charge in [0.25, 0.3) is 0 Å². The molecule has 0 fully saturated rings. The molecule has 0 amide bonds. The number of thiocarbonyl (C=S) groups is 1. The average molecular weight is 194 g/mol. The van der Waals surface area contributed by atoms with Crippen molar-refractivity contribution in [2.45, 2.75) is 0 Å². The standard InChI is InChI=1S/C8H6N2O2S/c1-12-8(11)6-3-2-4-7(10-6)9-5-13/h2-4H,1H3. The van der Waals surface area contributed by atoms with Crippen LogP contribution in [0.2, 0.25) is 0 Å². The van der Waals surface area contributed by atoms with Crippen molar-refractivity contribution < 1.29 is 9.53 Å². The van der Waals surface area contributed by atoms with Gasteiger partial charge in [0.15, 0.2) is 11.5 Å². The summed E-state index contributed by atoms with van der Waals surface area (Å²) in [4.78, 5) is 18.5. The summed E-state index contributed by atoms with van der Waals surface area (Å²) in [5.74, 6) is -0.153. The van der Waals surface area contributed by atoms with Crippen molar-refractivity contribution in [2.75, 3.05) is 7.11 Å². The zero-order valence-electron chi connectivity index (χ0n) is 6.85. The van der Waals surface area contributed by atoms with Crippen molar-refractivity contribution in [2.24, 2.45) is 4.99 Å². The second-order valence-electron chi connectivity index (χ2n) is 2.08. The van der Waals surface area contributed by atoms with Gasteiger partial charge >= 0.3 is 5.97 Å². The molecule has 0 saturated heterocycles. The monoisotopic (exact) mass is 194 g/mol. The molecule has 1 aromatic rings. The van der Waals surface area contributed by atoms with E-state index < -0.39 is 5.97 Å². The maximum absolute atomic E-state index is 11.0. The zero-order valence-corrected chi connectivity index (χ0v) is 7.67. The maximum Gasteiger partial charge on any atom is 0.356 e.